The molecule has 3 aromatic carbocycles. The second-order valence-corrected chi connectivity index (χ2v) is 7.04. The fourth-order valence-electron chi connectivity index (χ4n) is 3.46. The zero-order valence-electron chi connectivity index (χ0n) is 17.2. The van der Waals surface area contributed by atoms with Gasteiger partial charge in [-0.2, -0.15) is 0 Å². The van der Waals surface area contributed by atoms with Crippen LogP contribution in [0.1, 0.15) is 30.6 Å². The van der Waals surface area contributed by atoms with Crippen molar-refractivity contribution >= 4 is 22.6 Å². The zero-order chi connectivity index (χ0) is 21.5. The van der Waals surface area contributed by atoms with E-state index in [9.17, 15) is 15.0 Å². The highest BCUT2D eigenvalue weighted by Gasteiger charge is 2.29. The number of aliphatic hydroxyl groups excluding tert-OH is 1. The Hall–Kier alpha value is -3.09. The summed E-state index contributed by atoms with van der Waals surface area (Å²) in [4.78, 5) is 12.7. The van der Waals surface area contributed by atoms with Crippen molar-refractivity contribution in [2.75, 3.05) is 18.5 Å². The van der Waals surface area contributed by atoms with Gasteiger partial charge in [0.1, 0.15) is 11.9 Å². The molecule has 6 nitrogen and oxygen atoms in total. The SMILES string of the molecule is CCO[C@@H](CCO)[C@@H](OC(=O)Nc1ccc(C)cc1)c1ccc(O)c2ccccc12. The van der Waals surface area contributed by atoms with Crippen LogP contribution < -0.4 is 5.32 Å². The van der Waals surface area contributed by atoms with Crippen LogP contribution in [0.25, 0.3) is 10.8 Å². The summed E-state index contributed by atoms with van der Waals surface area (Å²) in [5.41, 5.74) is 2.41. The quantitative estimate of drug-likeness (QED) is 0.491. The van der Waals surface area contributed by atoms with Crippen molar-refractivity contribution in [1.29, 1.82) is 0 Å². The molecule has 158 valence electrons. The van der Waals surface area contributed by atoms with Gasteiger partial charge in [0.25, 0.3) is 0 Å². The molecule has 0 aliphatic heterocycles. The molecule has 0 aliphatic carbocycles. The smallest absolute Gasteiger partial charge is 0.412 e. The summed E-state index contributed by atoms with van der Waals surface area (Å²) in [6, 6.07) is 18.1. The lowest BCUT2D eigenvalue weighted by molar-refractivity contribution is -0.0478. The summed E-state index contributed by atoms with van der Waals surface area (Å²) >= 11 is 0. The van der Waals surface area contributed by atoms with Gasteiger partial charge in [-0.05, 0) is 37.4 Å². The van der Waals surface area contributed by atoms with Gasteiger partial charge in [-0.3, -0.25) is 5.32 Å². The molecule has 0 heterocycles. The number of hydrogen-bond donors (Lipinski definition) is 3. The Labute approximate surface area is 176 Å². The minimum Gasteiger partial charge on any atom is -0.507 e. The number of rotatable bonds is 8. The van der Waals surface area contributed by atoms with Crippen molar-refractivity contribution in [2.24, 2.45) is 0 Å². The van der Waals surface area contributed by atoms with Gasteiger partial charge in [-0.25, -0.2) is 4.79 Å². The molecule has 3 aromatic rings. The Morgan fingerprint density at radius 1 is 1.03 bits per heavy atom. The van der Waals surface area contributed by atoms with Gasteiger partial charge in [0, 0.05) is 36.3 Å². The number of anilines is 1. The Balaban J connectivity index is 1.95. The highest BCUT2D eigenvalue weighted by Crippen LogP contribution is 2.35. The van der Waals surface area contributed by atoms with Gasteiger partial charge in [-0.15, -0.1) is 0 Å². The van der Waals surface area contributed by atoms with Gasteiger partial charge in [0.2, 0.25) is 0 Å². The van der Waals surface area contributed by atoms with Gasteiger partial charge in [-0.1, -0.05) is 48.0 Å². The fraction of sp³-hybridized carbons (Fsp3) is 0.292. The highest BCUT2D eigenvalue weighted by atomic mass is 16.6. The Bertz CT molecular complexity index is 981. The van der Waals surface area contributed by atoms with E-state index in [-0.39, 0.29) is 12.4 Å². The number of hydrogen-bond acceptors (Lipinski definition) is 5. The van der Waals surface area contributed by atoms with Crippen molar-refractivity contribution in [3.05, 3.63) is 71.8 Å². The predicted molar refractivity (Wildman–Crippen MR) is 117 cm³/mol. The molecule has 0 aliphatic rings. The van der Waals surface area contributed by atoms with E-state index in [4.69, 9.17) is 9.47 Å². The number of benzene rings is 3. The highest BCUT2D eigenvalue weighted by molar-refractivity contribution is 5.91. The van der Waals surface area contributed by atoms with E-state index in [2.05, 4.69) is 5.32 Å². The molecule has 3 N–H and O–H groups in total. The van der Waals surface area contributed by atoms with Crippen LogP contribution in [0.4, 0.5) is 10.5 Å². The number of phenols is 1. The van der Waals surface area contributed by atoms with E-state index >= 15 is 0 Å². The number of ether oxygens (including phenoxy) is 2. The Morgan fingerprint density at radius 3 is 2.40 bits per heavy atom. The van der Waals surface area contributed by atoms with Crippen LogP contribution in [0, 0.1) is 6.92 Å². The monoisotopic (exact) mass is 409 g/mol. The summed E-state index contributed by atoms with van der Waals surface area (Å²) in [6.07, 6.45) is -1.64. The van der Waals surface area contributed by atoms with Crippen LogP contribution >= 0.6 is 0 Å². The molecule has 30 heavy (non-hydrogen) atoms. The second kappa shape index (κ2) is 10.1. The number of aliphatic hydroxyl groups is 1. The minimum atomic E-state index is -0.770. The third-order valence-corrected chi connectivity index (χ3v) is 4.91. The van der Waals surface area contributed by atoms with E-state index < -0.39 is 18.3 Å². The average Bonchev–Trinajstić information content (AvgIpc) is 2.74. The van der Waals surface area contributed by atoms with Crippen LogP contribution in [-0.2, 0) is 9.47 Å². The predicted octanol–water partition coefficient (Wildman–Crippen LogP) is 4.93. The van der Waals surface area contributed by atoms with Crippen LogP contribution in [0.3, 0.4) is 0 Å². The molecule has 2 atom stereocenters. The van der Waals surface area contributed by atoms with Crippen molar-refractivity contribution < 1.29 is 24.5 Å². The summed E-state index contributed by atoms with van der Waals surface area (Å²) in [6.45, 7) is 4.11. The zero-order valence-corrected chi connectivity index (χ0v) is 17.2. The van der Waals surface area contributed by atoms with Crippen LogP contribution in [-0.4, -0.2) is 35.6 Å². The number of aromatic hydroxyl groups is 1. The summed E-state index contributed by atoms with van der Waals surface area (Å²) in [7, 11) is 0. The number of aryl methyl sites for hydroxylation is 1. The first-order chi connectivity index (χ1) is 14.5. The van der Waals surface area contributed by atoms with Gasteiger partial charge >= 0.3 is 6.09 Å². The van der Waals surface area contributed by atoms with Crippen molar-refractivity contribution in [3.63, 3.8) is 0 Å². The van der Waals surface area contributed by atoms with Crippen molar-refractivity contribution in [2.45, 2.75) is 32.5 Å². The Kier molecular flexibility index (Phi) is 7.27. The summed E-state index contributed by atoms with van der Waals surface area (Å²) < 4.78 is 11.6. The molecular formula is C24H27NO5. The standard InChI is InChI=1S/C24H27NO5/c1-3-29-22(14-15-26)23(30-24(28)25-17-10-8-16(2)9-11-17)20-12-13-21(27)19-7-5-4-6-18(19)20/h4-13,22-23,26-27H,3,14-15H2,1-2H3,(H,25,28)/t22-,23-/m0/s1. The van der Waals surface area contributed by atoms with E-state index in [0.717, 1.165) is 10.9 Å². The lowest BCUT2D eigenvalue weighted by atomic mass is 9.95. The van der Waals surface area contributed by atoms with E-state index in [1.54, 1.807) is 30.3 Å². The molecule has 0 radical (unpaired) electrons. The Morgan fingerprint density at radius 2 is 1.73 bits per heavy atom. The molecular weight excluding hydrogens is 382 g/mol. The van der Waals surface area contributed by atoms with Gasteiger partial charge in [0.05, 0.1) is 0 Å². The third-order valence-electron chi connectivity index (χ3n) is 4.91. The molecule has 0 spiro atoms. The largest absolute Gasteiger partial charge is 0.507 e. The van der Waals surface area contributed by atoms with Crippen LogP contribution in [0.5, 0.6) is 5.75 Å². The summed E-state index contributed by atoms with van der Waals surface area (Å²) in [5, 5.41) is 23.9. The molecule has 1 amide bonds. The summed E-state index contributed by atoms with van der Waals surface area (Å²) in [5.74, 6) is 0.146. The number of phenolic OH excluding ortho intramolecular Hbond substituents is 1. The van der Waals surface area contributed by atoms with Crippen LogP contribution in [0.15, 0.2) is 60.7 Å². The minimum absolute atomic E-state index is 0.111. The number of amides is 1. The first-order valence-electron chi connectivity index (χ1n) is 10.0. The lowest BCUT2D eigenvalue weighted by Gasteiger charge is -2.28. The van der Waals surface area contributed by atoms with E-state index in [0.29, 0.717) is 29.7 Å². The maximum Gasteiger partial charge on any atom is 0.412 e. The van der Waals surface area contributed by atoms with E-state index in [1.807, 2.05) is 44.2 Å². The van der Waals surface area contributed by atoms with Gasteiger partial charge in [0.15, 0.2) is 6.10 Å². The fourth-order valence-corrected chi connectivity index (χ4v) is 3.46. The normalized spacial score (nSPS) is 13.0. The van der Waals surface area contributed by atoms with Crippen LogP contribution in [0.2, 0.25) is 0 Å². The lowest BCUT2D eigenvalue weighted by Crippen LogP contribution is -2.30. The topological polar surface area (TPSA) is 88.0 Å². The molecule has 0 saturated heterocycles. The third kappa shape index (κ3) is 5.09. The van der Waals surface area contributed by atoms with Gasteiger partial charge < -0.3 is 19.7 Å². The molecule has 0 bridgehead atoms. The first kappa shape index (κ1) is 21.6. The molecule has 0 fully saturated rings. The van der Waals surface area contributed by atoms with E-state index in [1.165, 1.54) is 0 Å². The maximum atomic E-state index is 12.7. The number of carbonyl (C=O) groups is 1. The second-order valence-electron chi connectivity index (χ2n) is 7.04. The van der Waals surface area contributed by atoms with Crippen molar-refractivity contribution in [3.8, 4) is 5.75 Å². The maximum absolute atomic E-state index is 12.7. The number of nitrogens with one attached hydrogen (secondary N) is 1. The number of carbonyl (C=O) groups excluding carboxylic acids is 1. The first-order valence-corrected chi connectivity index (χ1v) is 10.0. The molecule has 3 rings (SSSR count). The van der Waals surface area contributed by atoms with Crippen molar-refractivity contribution in [1.82, 2.24) is 0 Å². The average molecular weight is 409 g/mol. The molecule has 0 unspecified atom stereocenters. The molecule has 6 heteroatoms. The molecule has 0 saturated carbocycles. The molecule has 0 aromatic heterocycles. The number of fused-ring (bicyclic) bond motifs is 1.